The molecule has 2 unspecified atom stereocenters. The monoisotopic (exact) mass is 437 g/mol. The molecule has 5 rings (SSSR count). The molecule has 2 aromatic heterocycles. The summed E-state index contributed by atoms with van der Waals surface area (Å²) in [6, 6.07) is 6.07. The van der Waals surface area contributed by atoms with E-state index in [1.807, 2.05) is 12.3 Å². The van der Waals surface area contributed by atoms with E-state index in [0.717, 1.165) is 49.2 Å². The van der Waals surface area contributed by atoms with Crippen molar-refractivity contribution in [3.63, 3.8) is 0 Å². The number of aryl methyl sites for hydroxylation is 1. The number of H-pyrrole nitrogens is 1. The fraction of sp³-hybridized carbons (Fsp3) is 0.458. The molecule has 1 aliphatic heterocycles. The maximum atomic E-state index is 13.6. The van der Waals surface area contributed by atoms with E-state index < -0.39 is 12.1 Å². The lowest BCUT2D eigenvalue weighted by atomic mass is 9.81. The summed E-state index contributed by atoms with van der Waals surface area (Å²) in [5.41, 5.74) is 1.85. The number of amides is 1. The minimum absolute atomic E-state index is 0.0120. The first kappa shape index (κ1) is 20.9. The Morgan fingerprint density at radius 2 is 2.16 bits per heavy atom. The number of rotatable bonds is 5. The first-order valence-electron chi connectivity index (χ1n) is 11.2. The number of hydrogen-bond acceptors (Lipinski definition) is 5. The molecule has 3 aromatic rings. The number of aromatic amines is 1. The molecule has 1 aliphatic carbocycles. The van der Waals surface area contributed by atoms with Crippen LogP contribution in [0.2, 0.25) is 0 Å². The molecule has 32 heavy (non-hydrogen) atoms. The number of halogens is 1. The van der Waals surface area contributed by atoms with Gasteiger partial charge in [-0.1, -0.05) is 12.1 Å². The van der Waals surface area contributed by atoms with Crippen molar-refractivity contribution in [1.29, 1.82) is 0 Å². The molecule has 1 saturated carbocycles. The third-order valence-corrected chi connectivity index (χ3v) is 7.14. The number of hydrogen-bond donors (Lipinski definition) is 3. The largest absolute Gasteiger partial charge is 0.386 e. The lowest BCUT2D eigenvalue weighted by molar-refractivity contribution is -0.129. The number of benzene rings is 1. The van der Waals surface area contributed by atoms with Crippen molar-refractivity contribution in [2.75, 3.05) is 18.0 Å². The second-order valence-corrected chi connectivity index (χ2v) is 9.31. The summed E-state index contributed by atoms with van der Waals surface area (Å²) in [6.07, 6.45) is 5.31. The number of piperidine rings is 1. The molecule has 1 spiro atoms. The number of aliphatic hydroxyl groups is 1. The van der Waals surface area contributed by atoms with Gasteiger partial charge in [-0.15, -0.1) is 0 Å². The van der Waals surface area contributed by atoms with Crippen LogP contribution in [0.5, 0.6) is 0 Å². The predicted molar refractivity (Wildman–Crippen MR) is 120 cm³/mol. The summed E-state index contributed by atoms with van der Waals surface area (Å²) >= 11 is 0. The zero-order valence-corrected chi connectivity index (χ0v) is 18.3. The summed E-state index contributed by atoms with van der Waals surface area (Å²) in [4.78, 5) is 27.4. The van der Waals surface area contributed by atoms with Crippen molar-refractivity contribution < 1.29 is 14.3 Å². The third-order valence-electron chi connectivity index (χ3n) is 7.14. The Hall–Kier alpha value is -3.00. The topological polar surface area (TPSA) is 94.1 Å². The Morgan fingerprint density at radius 3 is 2.91 bits per heavy atom. The van der Waals surface area contributed by atoms with Gasteiger partial charge in [-0.3, -0.25) is 4.79 Å². The number of carbonyl (C=O) groups is 1. The molecule has 3 N–H and O–H groups in total. The van der Waals surface area contributed by atoms with E-state index in [0.29, 0.717) is 11.1 Å². The van der Waals surface area contributed by atoms with E-state index in [1.165, 1.54) is 6.07 Å². The molecule has 8 heteroatoms. The second kappa shape index (κ2) is 7.85. The average molecular weight is 438 g/mol. The second-order valence-electron chi connectivity index (χ2n) is 9.31. The summed E-state index contributed by atoms with van der Waals surface area (Å²) in [5.74, 6) is 0.506. The molecule has 1 saturated heterocycles. The normalized spacial score (nSPS) is 21.5. The van der Waals surface area contributed by atoms with Crippen LogP contribution >= 0.6 is 0 Å². The Morgan fingerprint density at radius 1 is 1.34 bits per heavy atom. The van der Waals surface area contributed by atoms with Crippen LogP contribution in [0.1, 0.15) is 43.4 Å². The number of fused-ring (bicyclic) bond motifs is 1. The SMILES string of the molecule is Cc1cc(C(O)C(C)NC(=O)[C@H]2CCN(c3ncnc4[nH]ccc34)CC23CC3)ccc1F. The fourth-order valence-electron chi connectivity index (χ4n) is 5.07. The lowest BCUT2D eigenvalue weighted by Crippen LogP contribution is -2.50. The number of nitrogens with one attached hydrogen (secondary N) is 2. The van der Waals surface area contributed by atoms with Gasteiger partial charge in [-0.25, -0.2) is 14.4 Å². The molecule has 1 aromatic carbocycles. The highest BCUT2D eigenvalue weighted by Gasteiger charge is 2.55. The van der Waals surface area contributed by atoms with E-state index in [1.54, 1.807) is 32.3 Å². The Bertz CT molecular complexity index is 1160. The highest BCUT2D eigenvalue weighted by atomic mass is 19.1. The molecule has 0 bridgehead atoms. The number of anilines is 1. The van der Waals surface area contributed by atoms with Crippen molar-refractivity contribution in [3.05, 3.63) is 53.7 Å². The number of nitrogens with zero attached hydrogens (tertiary/aromatic N) is 3. The van der Waals surface area contributed by atoms with Gasteiger partial charge in [0.2, 0.25) is 5.91 Å². The number of aliphatic hydroxyl groups excluding tert-OH is 1. The smallest absolute Gasteiger partial charge is 0.224 e. The van der Waals surface area contributed by atoms with Crippen LogP contribution in [-0.2, 0) is 4.79 Å². The Labute approximate surface area is 186 Å². The van der Waals surface area contributed by atoms with Crippen molar-refractivity contribution >= 4 is 22.8 Å². The zero-order valence-electron chi connectivity index (χ0n) is 18.3. The van der Waals surface area contributed by atoms with Crippen LogP contribution in [0.15, 0.2) is 36.8 Å². The van der Waals surface area contributed by atoms with Crippen LogP contribution in [0.4, 0.5) is 10.2 Å². The van der Waals surface area contributed by atoms with Gasteiger partial charge in [0.05, 0.1) is 17.5 Å². The summed E-state index contributed by atoms with van der Waals surface area (Å²) in [7, 11) is 0. The van der Waals surface area contributed by atoms with Crippen molar-refractivity contribution in [1.82, 2.24) is 20.3 Å². The Kier molecular flexibility index (Phi) is 5.12. The van der Waals surface area contributed by atoms with E-state index >= 15 is 0 Å². The number of carbonyl (C=O) groups excluding carboxylic acids is 1. The molecule has 2 aliphatic rings. The minimum atomic E-state index is -0.892. The zero-order chi connectivity index (χ0) is 22.5. The van der Waals surface area contributed by atoms with E-state index in [2.05, 4.69) is 25.2 Å². The quantitative estimate of drug-likeness (QED) is 0.570. The standard InChI is InChI=1S/C24H28FN5O2/c1-14-11-16(3-4-19(14)25)20(31)15(2)29-23(32)18-6-10-30(12-24(18)7-8-24)22-17-5-9-26-21(17)27-13-28-22/h3-5,9,11,13,15,18,20,31H,6-8,10,12H2,1-2H3,(H,29,32)(H,26,27,28)/t15?,18-,20?/m1/s1. The summed E-state index contributed by atoms with van der Waals surface area (Å²) < 4.78 is 13.6. The lowest BCUT2D eigenvalue weighted by Gasteiger charge is -2.39. The predicted octanol–water partition coefficient (Wildman–Crippen LogP) is 3.25. The van der Waals surface area contributed by atoms with Crippen LogP contribution in [-0.4, -0.2) is 45.1 Å². The van der Waals surface area contributed by atoms with Crippen LogP contribution in [0.25, 0.3) is 11.0 Å². The van der Waals surface area contributed by atoms with Crippen molar-refractivity contribution in [3.8, 4) is 0 Å². The molecule has 2 fully saturated rings. The van der Waals surface area contributed by atoms with Gasteiger partial charge in [0.15, 0.2) is 0 Å². The van der Waals surface area contributed by atoms with Gasteiger partial charge in [0.25, 0.3) is 0 Å². The molecule has 0 radical (unpaired) electrons. The first-order chi connectivity index (χ1) is 15.4. The number of aromatic nitrogens is 3. The van der Waals surface area contributed by atoms with Gasteiger partial charge >= 0.3 is 0 Å². The highest BCUT2D eigenvalue weighted by molar-refractivity contribution is 5.87. The van der Waals surface area contributed by atoms with Gasteiger partial charge in [0.1, 0.15) is 23.6 Å². The molecule has 168 valence electrons. The molecule has 1 amide bonds. The molecule has 3 atom stereocenters. The van der Waals surface area contributed by atoms with Gasteiger partial charge in [0, 0.05) is 25.2 Å². The third kappa shape index (κ3) is 3.62. The van der Waals surface area contributed by atoms with Gasteiger partial charge in [-0.05, 0) is 61.8 Å². The maximum Gasteiger partial charge on any atom is 0.224 e. The van der Waals surface area contributed by atoms with E-state index in [9.17, 15) is 14.3 Å². The van der Waals surface area contributed by atoms with Crippen LogP contribution < -0.4 is 10.2 Å². The van der Waals surface area contributed by atoms with E-state index in [-0.39, 0.29) is 23.1 Å². The fourth-order valence-corrected chi connectivity index (χ4v) is 5.07. The molecular formula is C24H28FN5O2. The summed E-state index contributed by atoms with van der Waals surface area (Å²) in [6.45, 7) is 4.99. The van der Waals surface area contributed by atoms with Crippen molar-refractivity contribution in [2.45, 2.75) is 45.3 Å². The maximum absolute atomic E-state index is 13.6. The van der Waals surface area contributed by atoms with E-state index in [4.69, 9.17) is 0 Å². The van der Waals surface area contributed by atoms with Crippen LogP contribution in [0, 0.1) is 24.1 Å². The van der Waals surface area contributed by atoms with Crippen molar-refractivity contribution in [2.24, 2.45) is 11.3 Å². The first-order valence-corrected chi connectivity index (χ1v) is 11.2. The minimum Gasteiger partial charge on any atom is -0.386 e. The van der Waals surface area contributed by atoms with Crippen LogP contribution in [0.3, 0.4) is 0 Å². The molecular weight excluding hydrogens is 409 g/mol. The summed E-state index contributed by atoms with van der Waals surface area (Å²) in [5, 5.41) is 14.7. The van der Waals surface area contributed by atoms with Gasteiger partial charge in [-0.2, -0.15) is 0 Å². The highest BCUT2D eigenvalue weighted by Crippen LogP contribution is 2.56. The Balaban J connectivity index is 1.27. The average Bonchev–Trinajstić information content (AvgIpc) is 3.36. The van der Waals surface area contributed by atoms with Gasteiger partial charge < -0.3 is 20.3 Å². The molecule has 7 nitrogen and oxygen atoms in total. The molecule has 3 heterocycles.